The molecule has 0 atom stereocenters. The van der Waals surface area contributed by atoms with Crippen LogP contribution < -0.4 is 10.6 Å². The van der Waals surface area contributed by atoms with Crippen molar-refractivity contribution >= 4 is 23.4 Å². The molecule has 3 N–H and O–H groups in total. The molecule has 1 aromatic heterocycles. The molecule has 6 heteroatoms. The largest absolute Gasteiger partial charge is 0.478 e. The van der Waals surface area contributed by atoms with Crippen LogP contribution in [0.2, 0.25) is 0 Å². The van der Waals surface area contributed by atoms with E-state index < -0.39 is 5.97 Å². The number of nitrogens with zero attached hydrogens (tertiary/aromatic N) is 2. The second-order valence-corrected chi connectivity index (χ2v) is 5.11. The number of rotatable bonds is 5. The van der Waals surface area contributed by atoms with E-state index in [1.54, 1.807) is 30.3 Å². The molecule has 0 spiro atoms. The number of hydrogen-bond donors (Lipinski definition) is 3. The van der Waals surface area contributed by atoms with Crippen molar-refractivity contribution in [1.29, 1.82) is 0 Å². The van der Waals surface area contributed by atoms with Crippen LogP contribution in [0.25, 0.3) is 0 Å². The van der Waals surface area contributed by atoms with Crippen molar-refractivity contribution < 1.29 is 9.90 Å². The summed E-state index contributed by atoms with van der Waals surface area (Å²) in [5, 5.41) is 15.5. The third-order valence-corrected chi connectivity index (χ3v) is 3.19. The Bertz CT molecular complexity index is 683. The Morgan fingerprint density at radius 1 is 1.29 bits per heavy atom. The molecule has 0 amide bonds. The first-order chi connectivity index (χ1) is 10.1. The summed E-state index contributed by atoms with van der Waals surface area (Å²) in [6.45, 7) is 1.88. The molecule has 0 saturated heterocycles. The minimum atomic E-state index is -0.972. The number of carboxylic acids is 1. The summed E-state index contributed by atoms with van der Waals surface area (Å²) >= 11 is 0. The molecule has 0 bridgehead atoms. The van der Waals surface area contributed by atoms with E-state index in [1.165, 1.54) is 0 Å². The lowest BCUT2D eigenvalue weighted by Crippen LogP contribution is -2.08. The predicted molar refractivity (Wildman–Crippen MR) is 80.1 cm³/mol. The second-order valence-electron chi connectivity index (χ2n) is 5.11. The highest BCUT2D eigenvalue weighted by molar-refractivity contribution is 5.95. The summed E-state index contributed by atoms with van der Waals surface area (Å²) in [5.74, 6) is 0.187. The molecule has 1 fully saturated rings. The van der Waals surface area contributed by atoms with Crippen molar-refractivity contribution in [3.05, 3.63) is 41.6 Å². The van der Waals surface area contributed by atoms with Gasteiger partial charge < -0.3 is 15.7 Å². The fourth-order valence-electron chi connectivity index (χ4n) is 2.02. The summed E-state index contributed by atoms with van der Waals surface area (Å²) in [6, 6.07) is 9.01. The van der Waals surface area contributed by atoms with Gasteiger partial charge in [0.2, 0.25) is 5.95 Å². The monoisotopic (exact) mass is 284 g/mol. The first-order valence-electron chi connectivity index (χ1n) is 6.83. The Morgan fingerprint density at radius 3 is 2.76 bits per heavy atom. The average Bonchev–Trinajstić information content (AvgIpc) is 3.22. The summed E-state index contributed by atoms with van der Waals surface area (Å²) in [7, 11) is 0. The van der Waals surface area contributed by atoms with Crippen molar-refractivity contribution in [2.75, 3.05) is 10.6 Å². The molecule has 0 aliphatic heterocycles. The fraction of sp³-hybridized carbons (Fsp3) is 0.267. The van der Waals surface area contributed by atoms with Gasteiger partial charge in [-0.05, 0) is 31.9 Å². The van der Waals surface area contributed by atoms with Crippen LogP contribution in [0, 0.1) is 6.92 Å². The molecule has 2 aromatic rings. The molecule has 1 saturated carbocycles. The van der Waals surface area contributed by atoms with E-state index in [-0.39, 0.29) is 5.56 Å². The number of aromatic nitrogens is 2. The van der Waals surface area contributed by atoms with Gasteiger partial charge in [0.05, 0.1) is 11.3 Å². The van der Waals surface area contributed by atoms with Crippen LogP contribution in [0.3, 0.4) is 0 Å². The van der Waals surface area contributed by atoms with Crippen molar-refractivity contribution in [3.8, 4) is 0 Å². The van der Waals surface area contributed by atoms with Crippen molar-refractivity contribution in [1.82, 2.24) is 9.97 Å². The Morgan fingerprint density at radius 2 is 2.05 bits per heavy atom. The van der Waals surface area contributed by atoms with Gasteiger partial charge in [0.1, 0.15) is 5.82 Å². The van der Waals surface area contributed by atoms with E-state index in [1.807, 2.05) is 6.92 Å². The predicted octanol–water partition coefficient (Wildman–Crippen LogP) is 2.80. The Hall–Kier alpha value is -2.63. The van der Waals surface area contributed by atoms with Crippen LogP contribution in [0.15, 0.2) is 30.3 Å². The van der Waals surface area contributed by atoms with Crippen molar-refractivity contribution in [2.45, 2.75) is 25.8 Å². The van der Waals surface area contributed by atoms with Crippen LogP contribution in [-0.4, -0.2) is 27.1 Å². The minimum absolute atomic E-state index is 0.213. The van der Waals surface area contributed by atoms with E-state index >= 15 is 0 Å². The maximum atomic E-state index is 11.2. The normalized spacial score (nSPS) is 13.8. The third-order valence-electron chi connectivity index (χ3n) is 3.19. The summed E-state index contributed by atoms with van der Waals surface area (Å²) in [4.78, 5) is 19.9. The van der Waals surface area contributed by atoms with E-state index in [4.69, 9.17) is 0 Å². The zero-order valence-corrected chi connectivity index (χ0v) is 11.6. The van der Waals surface area contributed by atoms with Gasteiger partial charge in [-0.3, -0.25) is 0 Å². The van der Waals surface area contributed by atoms with E-state index in [0.717, 1.165) is 18.5 Å². The maximum absolute atomic E-state index is 11.2. The van der Waals surface area contributed by atoms with Crippen LogP contribution in [0.4, 0.5) is 17.5 Å². The lowest BCUT2D eigenvalue weighted by Gasteiger charge is -2.11. The highest BCUT2D eigenvalue weighted by Gasteiger charge is 2.22. The van der Waals surface area contributed by atoms with E-state index in [2.05, 4.69) is 20.6 Å². The van der Waals surface area contributed by atoms with E-state index in [0.29, 0.717) is 23.5 Å². The molecule has 108 valence electrons. The van der Waals surface area contributed by atoms with Gasteiger partial charge in [0.25, 0.3) is 0 Å². The highest BCUT2D eigenvalue weighted by atomic mass is 16.4. The smallest absolute Gasteiger partial charge is 0.337 e. The first kappa shape index (κ1) is 13.4. The summed E-state index contributed by atoms with van der Waals surface area (Å²) in [6.07, 6.45) is 2.28. The van der Waals surface area contributed by atoms with Gasteiger partial charge in [-0.1, -0.05) is 12.1 Å². The van der Waals surface area contributed by atoms with Gasteiger partial charge in [-0.25, -0.2) is 9.78 Å². The quantitative estimate of drug-likeness (QED) is 0.782. The number of para-hydroxylation sites is 1. The first-order valence-corrected chi connectivity index (χ1v) is 6.83. The number of aryl methyl sites for hydroxylation is 1. The van der Waals surface area contributed by atoms with Gasteiger partial charge in [0.15, 0.2) is 0 Å². The molecular weight excluding hydrogens is 268 g/mol. The Labute approximate surface area is 122 Å². The Balaban J connectivity index is 1.87. The van der Waals surface area contributed by atoms with Crippen LogP contribution in [0.1, 0.15) is 28.9 Å². The highest BCUT2D eigenvalue weighted by Crippen LogP contribution is 2.25. The minimum Gasteiger partial charge on any atom is -0.478 e. The summed E-state index contributed by atoms with van der Waals surface area (Å²) < 4.78 is 0. The second kappa shape index (κ2) is 5.40. The van der Waals surface area contributed by atoms with Crippen molar-refractivity contribution in [3.63, 3.8) is 0 Å². The van der Waals surface area contributed by atoms with Gasteiger partial charge in [0, 0.05) is 17.8 Å². The molecule has 0 radical (unpaired) electrons. The number of carboxylic acid groups (broad SMARTS) is 1. The van der Waals surface area contributed by atoms with Gasteiger partial charge in [-0.15, -0.1) is 0 Å². The SMILES string of the molecule is Cc1cc(Nc2ccccc2C(=O)O)nc(NC2CC2)n1. The lowest BCUT2D eigenvalue weighted by molar-refractivity contribution is 0.0698. The molecule has 1 aromatic carbocycles. The number of anilines is 3. The molecule has 1 heterocycles. The number of nitrogens with one attached hydrogen (secondary N) is 2. The summed E-state index contributed by atoms with van der Waals surface area (Å²) in [5.41, 5.74) is 1.55. The number of carbonyl (C=O) groups is 1. The van der Waals surface area contributed by atoms with Crippen LogP contribution in [0.5, 0.6) is 0 Å². The number of benzene rings is 1. The molecular formula is C15H16N4O2. The number of hydrogen-bond acceptors (Lipinski definition) is 5. The zero-order chi connectivity index (χ0) is 14.8. The third kappa shape index (κ3) is 3.28. The fourth-order valence-corrected chi connectivity index (χ4v) is 2.02. The van der Waals surface area contributed by atoms with Crippen molar-refractivity contribution in [2.24, 2.45) is 0 Å². The number of aromatic carboxylic acids is 1. The van der Waals surface area contributed by atoms with Crippen LogP contribution in [-0.2, 0) is 0 Å². The topological polar surface area (TPSA) is 87.1 Å². The maximum Gasteiger partial charge on any atom is 0.337 e. The lowest BCUT2D eigenvalue weighted by atomic mass is 10.2. The molecule has 0 unspecified atom stereocenters. The molecule has 21 heavy (non-hydrogen) atoms. The Kier molecular flexibility index (Phi) is 3.43. The van der Waals surface area contributed by atoms with Gasteiger partial charge in [-0.2, -0.15) is 4.98 Å². The van der Waals surface area contributed by atoms with Gasteiger partial charge >= 0.3 is 5.97 Å². The molecule has 1 aliphatic rings. The average molecular weight is 284 g/mol. The zero-order valence-electron chi connectivity index (χ0n) is 11.6. The standard InChI is InChI=1S/C15H16N4O2/c1-9-8-13(19-15(16-9)17-10-6-7-10)18-12-5-3-2-4-11(12)14(20)21/h2-5,8,10H,6-7H2,1H3,(H,20,21)(H2,16,17,18,19). The molecule has 6 nitrogen and oxygen atoms in total. The molecule has 1 aliphatic carbocycles. The molecule has 3 rings (SSSR count). The van der Waals surface area contributed by atoms with E-state index in [9.17, 15) is 9.90 Å². The van der Waals surface area contributed by atoms with Crippen LogP contribution >= 0.6 is 0 Å².